The van der Waals surface area contributed by atoms with Crippen LogP contribution in [0.15, 0.2) is 60.2 Å². The molecule has 1 aromatic carbocycles. The molecule has 1 saturated heterocycles. The van der Waals surface area contributed by atoms with Crippen molar-refractivity contribution in [1.29, 1.82) is 0 Å². The number of benzene rings is 1. The summed E-state index contributed by atoms with van der Waals surface area (Å²) in [6.07, 6.45) is 3.95. The lowest BCUT2D eigenvalue weighted by Gasteiger charge is -2.31. The van der Waals surface area contributed by atoms with Crippen molar-refractivity contribution in [2.75, 3.05) is 20.1 Å². The number of fused-ring (bicyclic) bond motifs is 1. The fourth-order valence-corrected chi connectivity index (χ4v) is 8.48. The lowest BCUT2D eigenvalue weighted by molar-refractivity contribution is -0.159. The van der Waals surface area contributed by atoms with Gasteiger partial charge in [0, 0.05) is 42.5 Å². The van der Waals surface area contributed by atoms with E-state index in [-0.39, 0.29) is 38.8 Å². The van der Waals surface area contributed by atoms with Gasteiger partial charge in [0.2, 0.25) is 33.6 Å². The molecule has 3 aliphatic rings. The Kier molecular flexibility index (Phi) is 11.3. The van der Waals surface area contributed by atoms with E-state index in [0.717, 1.165) is 15.9 Å². The second-order valence-electron chi connectivity index (χ2n) is 14.9. The van der Waals surface area contributed by atoms with E-state index in [4.69, 9.17) is 9.47 Å². The number of likely N-dealkylation sites (tertiary alicyclic amines) is 1. The Balaban J connectivity index is 1.46. The summed E-state index contributed by atoms with van der Waals surface area (Å²) in [6.45, 7) is 12.2. The fraction of sp³-hybridized carbons (Fsp3) is 0.514. The minimum atomic E-state index is -3.88. The molecule has 5 rings (SSSR count). The number of ether oxygens (including phenoxy) is 2. The highest BCUT2D eigenvalue weighted by atomic mass is 79.9. The Morgan fingerprint density at radius 2 is 1.88 bits per heavy atom. The largest absolute Gasteiger partial charge is 0.472 e. The van der Waals surface area contributed by atoms with Crippen molar-refractivity contribution in [1.82, 2.24) is 19.5 Å². The van der Waals surface area contributed by atoms with Crippen LogP contribution >= 0.6 is 15.9 Å². The van der Waals surface area contributed by atoms with Gasteiger partial charge in [-0.3, -0.25) is 28.7 Å². The van der Waals surface area contributed by atoms with Gasteiger partial charge in [-0.2, -0.15) is 0 Å². The van der Waals surface area contributed by atoms with Crippen molar-refractivity contribution < 1.29 is 41.9 Å². The number of amides is 3. The summed E-state index contributed by atoms with van der Waals surface area (Å²) in [5.41, 5.74) is -2.18. The van der Waals surface area contributed by atoms with Crippen LogP contribution in [-0.4, -0.2) is 95.8 Å². The van der Waals surface area contributed by atoms with Crippen LogP contribution < -0.4 is 9.46 Å². The van der Waals surface area contributed by atoms with Gasteiger partial charge in [-0.15, -0.1) is 6.58 Å². The van der Waals surface area contributed by atoms with Crippen LogP contribution in [0.5, 0.6) is 5.88 Å². The molecule has 1 aliphatic heterocycles. The highest BCUT2D eigenvalue weighted by Crippen LogP contribution is 2.57. The molecule has 3 fully saturated rings. The summed E-state index contributed by atoms with van der Waals surface area (Å²) in [7, 11) is -2.41. The molecule has 2 aromatic rings. The Labute approximate surface area is 312 Å². The van der Waals surface area contributed by atoms with Crippen LogP contribution in [0.3, 0.4) is 0 Å². The van der Waals surface area contributed by atoms with E-state index in [0.29, 0.717) is 24.1 Å². The molecule has 2 saturated carbocycles. The second-order valence-corrected chi connectivity index (χ2v) is 17.8. The molecule has 1 aromatic heterocycles. The standard InChI is InChI=1S/C37H45BrN4O9S/c1-7-24-18-37(24,35(47)40-52(48,49)27-11-12-27)19-30(43)29-17-26(50-33-28-16-25(38)10-9-22(28)13-14-39-33)21-42(29)34(46)23(20-41(6)31(44)8-2)15-32(45)51-36(3,4)5/h7-10,13-14,16,23-24,26-27,29H,1-2,11-12,15,17-21H2,3-6H3,(H,40,47)/t23-,24+,26+,29-,37+/m0/s1. The minimum absolute atomic E-state index is 0.0358. The number of halogens is 1. The maximum atomic E-state index is 14.5. The van der Waals surface area contributed by atoms with Crippen LogP contribution in [0.1, 0.15) is 59.3 Å². The van der Waals surface area contributed by atoms with Crippen LogP contribution in [0, 0.1) is 17.3 Å². The van der Waals surface area contributed by atoms with Gasteiger partial charge in [-0.05, 0) is 75.6 Å². The molecule has 13 nitrogen and oxygen atoms in total. The number of esters is 1. The minimum Gasteiger partial charge on any atom is -0.472 e. The third-order valence-corrected chi connectivity index (χ3v) is 12.0. The first-order valence-electron chi connectivity index (χ1n) is 17.2. The molecule has 2 heterocycles. The molecule has 1 N–H and O–H groups in total. The quantitative estimate of drug-likeness (QED) is 0.157. The summed E-state index contributed by atoms with van der Waals surface area (Å²) in [6, 6.07) is 6.35. The van der Waals surface area contributed by atoms with E-state index in [9.17, 15) is 32.4 Å². The first-order valence-corrected chi connectivity index (χ1v) is 19.5. The lowest BCUT2D eigenvalue weighted by Crippen LogP contribution is -2.48. The van der Waals surface area contributed by atoms with Gasteiger partial charge in [-0.1, -0.05) is 34.7 Å². The van der Waals surface area contributed by atoms with Gasteiger partial charge < -0.3 is 19.3 Å². The van der Waals surface area contributed by atoms with E-state index >= 15 is 0 Å². The van der Waals surface area contributed by atoms with E-state index in [1.54, 1.807) is 27.0 Å². The predicted molar refractivity (Wildman–Crippen MR) is 196 cm³/mol. The van der Waals surface area contributed by atoms with Crippen molar-refractivity contribution >= 4 is 66.2 Å². The van der Waals surface area contributed by atoms with Crippen molar-refractivity contribution in [2.45, 2.75) is 82.3 Å². The molecule has 0 bridgehead atoms. The van der Waals surface area contributed by atoms with Crippen LogP contribution in [-0.2, 0) is 38.7 Å². The Hall–Kier alpha value is -4.11. The zero-order chi connectivity index (χ0) is 38.2. The van der Waals surface area contributed by atoms with E-state index in [1.165, 1.54) is 22.9 Å². The Morgan fingerprint density at radius 1 is 1.17 bits per heavy atom. The number of Topliss-reactive ketones (excluding diaryl/α,β-unsaturated/α-hetero) is 1. The topological polar surface area (TPSA) is 169 Å². The van der Waals surface area contributed by atoms with Crippen LogP contribution in [0.2, 0.25) is 0 Å². The predicted octanol–water partition coefficient (Wildman–Crippen LogP) is 4.10. The summed E-state index contributed by atoms with van der Waals surface area (Å²) in [5.74, 6) is -4.21. The fourth-order valence-electron chi connectivity index (χ4n) is 6.73. The maximum Gasteiger partial charge on any atom is 0.307 e. The molecule has 15 heteroatoms. The highest BCUT2D eigenvalue weighted by molar-refractivity contribution is 9.10. The number of carbonyl (C=O) groups excluding carboxylic acids is 5. The Bertz CT molecular complexity index is 1910. The van der Waals surface area contributed by atoms with Crippen molar-refractivity contribution in [3.63, 3.8) is 0 Å². The number of sulfonamides is 1. The number of nitrogens with one attached hydrogen (secondary N) is 1. The molecule has 0 unspecified atom stereocenters. The monoisotopic (exact) mass is 800 g/mol. The second kappa shape index (κ2) is 15.1. The SMILES string of the molecule is C=CC(=O)N(C)C[C@H](CC(=O)OC(C)(C)C)C(=O)N1C[C@H](Oc2nccc3ccc(Br)cc23)C[C@H]1C(=O)C[C@]1(C(=O)NS(=O)(=O)C2CC2)C[C@H]1C=C. The average Bonchev–Trinajstić information content (AvgIpc) is 4.00. The first-order chi connectivity index (χ1) is 24.4. The normalized spacial score (nSPS) is 23.3. The molecular weight excluding hydrogens is 756 g/mol. The molecular formula is C37H45BrN4O9S. The number of aromatic nitrogens is 1. The molecule has 2 aliphatic carbocycles. The number of hydrogen-bond donors (Lipinski definition) is 1. The number of likely N-dealkylation sites (N-methyl/N-ethyl adjacent to an activating group) is 1. The van der Waals surface area contributed by atoms with E-state index in [2.05, 4.69) is 38.8 Å². The maximum absolute atomic E-state index is 14.5. The average molecular weight is 802 g/mol. The summed E-state index contributed by atoms with van der Waals surface area (Å²) in [4.78, 5) is 75.0. The molecule has 3 amide bonds. The van der Waals surface area contributed by atoms with Gasteiger partial charge in [0.1, 0.15) is 11.7 Å². The number of rotatable bonds is 15. The van der Waals surface area contributed by atoms with Gasteiger partial charge in [0.15, 0.2) is 5.78 Å². The zero-order valence-electron chi connectivity index (χ0n) is 29.8. The van der Waals surface area contributed by atoms with E-state index < -0.39 is 79.7 Å². The van der Waals surface area contributed by atoms with Gasteiger partial charge >= 0.3 is 5.97 Å². The summed E-state index contributed by atoms with van der Waals surface area (Å²) < 4.78 is 40.3. The lowest BCUT2D eigenvalue weighted by atomic mass is 9.91. The first kappa shape index (κ1) is 39.1. The number of pyridine rings is 1. The third-order valence-electron chi connectivity index (χ3n) is 9.67. The molecule has 0 spiro atoms. The van der Waals surface area contributed by atoms with Crippen LogP contribution in [0.4, 0.5) is 0 Å². The smallest absolute Gasteiger partial charge is 0.307 e. The molecule has 5 atom stereocenters. The highest BCUT2D eigenvalue weighted by Gasteiger charge is 2.61. The third kappa shape index (κ3) is 8.91. The number of nitrogens with zero attached hydrogens (tertiary/aromatic N) is 3. The van der Waals surface area contributed by atoms with Crippen LogP contribution in [0.25, 0.3) is 10.8 Å². The number of ketones is 1. The van der Waals surface area contributed by atoms with Gasteiger partial charge in [0.25, 0.3) is 0 Å². The molecule has 52 heavy (non-hydrogen) atoms. The Morgan fingerprint density at radius 3 is 2.50 bits per heavy atom. The summed E-state index contributed by atoms with van der Waals surface area (Å²) in [5, 5.41) is 0.927. The van der Waals surface area contributed by atoms with Crippen molar-refractivity contribution in [3.05, 3.63) is 60.2 Å². The van der Waals surface area contributed by atoms with Crippen molar-refractivity contribution in [3.8, 4) is 5.88 Å². The number of carbonyl (C=O) groups is 5. The van der Waals surface area contributed by atoms with Crippen molar-refractivity contribution in [2.24, 2.45) is 17.3 Å². The summed E-state index contributed by atoms with van der Waals surface area (Å²) >= 11 is 3.48. The van der Waals surface area contributed by atoms with Gasteiger partial charge in [0.05, 0.1) is 35.6 Å². The van der Waals surface area contributed by atoms with E-state index in [1.807, 2.05) is 24.3 Å². The van der Waals surface area contributed by atoms with Gasteiger partial charge in [-0.25, -0.2) is 13.4 Å². The number of allylic oxidation sites excluding steroid dienone is 1. The molecule has 0 radical (unpaired) electrons. The number of hydrogen-bond acceptors (Lipinski definition) is 10. The molecule has 280 valence electrons. The zero-order valence-corrected chi connectivity index (χ0v) is 32.2.